The maximum Gasteiger partial charge on any atom is 0.120 e. The van der Waals surface area contributed by atoms with Crippen LogP contribution >= 0.6 is 11.8 Å². The van der Waals surface area contributed by atoms with Crippen LogP contribution in [0.1, 0.15) is 24.9 Å². The van der Waals surface area contributed by atoms with E-state index in [4.69, 9.17) is 5.11 Å². The molecule has 17 heavy (non-hydrogen) atoms. The van der Waals surface area contributed by atoms with Gasteiger partial charge in [0.25, 0.3) is 0 Å². The van der Waals surface area contributed by atoms with E-state index in [1.807, 2.05) is 36.9 Å². The SMILES string of the molecule is CC(NCCSCCCO)c1ccccc1O. The van der Waals surface area contributed by atoms with Crippen molar-refractivity contribution in [3.8, 4) is 5.75 Å². The van der Waals surface area contributed by atoms with Gasteiger partial charge in [0.05, 0.1) is 0 Å². The van der Waals surface area contributed by atoms with E-state index in [-0.39, 0.29) is 12.6 Å². The lowest BCUT2D eigenvalue weighted by molar-refractivity contribution is 0.296. The molecule has 0 fully saturated rings. The highest BCUT2D eigenvalue weighted by atomic mass is 32.2. The van der Waals surface area contributed by atoms with Crippen molar-refractivity contribution < 1.29 is 10.2 Å². The number of phenolic OH excluding ortho intramolecular Hbond substituents is 1. The van der Waals surface area contributed by atoms with Crippen molar-refractivity contribution in [1.29, 1.82) is 0 Å². The standard InChI is InChI=1S/C13H21NO2S/c1-11(12-5-2-3-6-13(12)16)14-7-10-17-9-4-8-15/h2-3,5-6,11,14-16H,4,7-10H2,1H3. The second-order valence-corrected chi connectivity index (χ2v) is 5.15. The second-order valence-electron chi connectivity index (χ2n) is 3.92. The lowest BCUT2D eigenvalue weighted by Crippen LogP contribution is -2.21. The van der Waals surface area contributed by atoms with Crippen molar-refractivity contribution >= 4 is 11.8 Å². The summed E-state index contributed by atoms with van der Waals surface area (Å²) in [7, 11) is 0. The van der Waals surface area contributed by atoms with Gasteiger partial charge in [-0.2, -0.15) is 11.8 Å². The number of benzene rings is 1. The average Bonchev–Trinajstić information content (AvgIpc) is 2.34. The summed E-state index contributed by atoms with van der Waals surface area (Å²) >= 11 is 1.83. The van der Waals surface area contributed by atoms with Crippen molar-refractivity contribution in [3.63, 3.8) is 0 Å². The van der Waals surface area contributed by atoms with Gasteiger partial charge in [-0.3, -0.25) is 0 Å². The van der Waals surface area contributed by atoms with Gasteiger partial charge in [-0.1, -0.05) is 18.2 Å². The van der Waals surface area contributed by atoms with Crippen LogP contribution in [0.5, 0.6) is 5.75 Å². The molecule has 0 aliphatic rings. The third-order valence-corrected chi connectivity index (χ3v) is 3.62. The summed E-state index contributed by atoms with van der Waals surface area (Å²) in [6.45, 7) is 3.23. The third-order valence-electron chi connectivity index (χ3n) is 2.55. The van der Waals surface area contributed by atoms with Crippen LogP contribution in [-0.2, 0) is 0 Å². The van der Waals surface area contributed by atoms with Gasteiger partial charge in [0, 0.05) is 30.5 Å². The zero-order chi connectivity index (χ0) is 12.5. The summed E-state index contributed by atoms with van der Waals surface area (Å²) in [5.41, 5.74) is 0.938. The van der Waals surface area contributed by atoms with E-state index in [0.29, 0.717) is 5.75 Å². The normalized spacial score (nSPS) is 12.6. The summed E-state index contributed by atoms with van der Waals surface area (Å²) in [6, 6.07) is 7.57. The number of aliphatic hydroxyl groups excluding tert-OH is 1. The Labute approximate surface area is 107 Å². The van der Waals surface area contributed by atoms with Crippen LogP contribution in [0.15, 0.2) is 24.3 Å². The van der Waals surface area contributed by atoms with E-state index in [1.54, 1.807) is 6.07 Å². The fraction of sp³-hybridized carbons (Fsp3) is 0.538. The van der Waals surface area contributed by atoms with Crippen molar-refractivity contribution in [2.24, 2.45) is 0 Å². The first-order valence-corrected chi connectivity index (χ1v) is 7.11. The number of hydrogen-bond acceptors (Lipinski definition) is 4. The molecule has 0 heterocycles. The van der Waals surface area contributed by atoms with Crippen LogP contribution in [0.3, 0.4) is 0 Å². The summed E-state index contributed by atoms with van der Waals surface area (Å²) in [6.07, 6.45) is 0.861. The number of nitrogens with one attached hydrogen (secondary N) is 1. The first-order chi connectivity index (χ1) is 8.25. The molecule has 0 aliphatic carbocycles. The van der Waals surface area contributed by atoms with E-state index in [1.165, 1.54) is 0 Å². The zero-order valence-corrected chi connectivity index (χ0v) is 11.0. The molecule has 96 valence electrons. The third kappa shape index (κ3) is 5.44. The Morgan fingerprint density at radius 3 is 2.76 bits per heavy atom. The maximum absolute atomic E-state index is 9.68. The molecule has 0 aromatic heterocycles. The molecule has 0 saturated heterocycles. The molecular weight excluding hydrogens is 234 g/mol. The molecule has 0 radical (unpaired) electrons. The average molecular weight is 255 g/mol. The zero-order valence-electron chi connectivity index (χ0n) is 10.2. The van der Waals surface area contributed by atoms with Crippen molar-refractivity contribution in [1.82, 2.24) is 5.32 Å². The Bertz CT molecular complexity index is 320. The van der Waals surface area contributed by atoms with E-state index in [0.717, 1.165) is 30.0 Å². The number of rotatable bonds is 8. The second kappa shape index (κ2) is 8.39. The Morgan fingerprint density at radius 1 is 1.29 bits per heavy atom. The fourth-order valence-electron chi connectivity index (χ4n) is 1.58. The largest absolute Gasteiger partial charge is 0.508 e. The number of phenols is 1. The minimum atomic E-state index is 0.162. The fourth-order valence-corrected chi connectivity index (χ4v) is 2.38. The molecule has 0 spiro atoms. The van der Waals surface area contributed by atoms with Crippen LogP contribution in [0, 0.1) is 0 Å². The van der Waals surface area contributed by atoms with Gasteiger partial charge < -0.3 is 15.5 Å². The van der Waals surface area contributed by atoms with Crippen LogP contribution < -0.4 is 5.32 Å². The molecule has 4 heteroatoms. The van der Waals surface area contributed by atoms with Gasteiger partial charge in [-0.05, 0) is 25.2 Å². The smallest absolute Gasteiger partial charge is 0.120 e. The molecule has 3 N–H and O–H groups in total. The molecule has 1 rings (SSSR count). The van der Waals surface area contributed by atoms with E-state index in [2.05, 4.69) is 5.32 Å². The van der Waals surface area contributed by atoms with Crippen molar-refractivity contribution in [3.05, 3.63) is 29.8 Å². The highest BCUT2D eigenvalue weighted by molar-refractivity contribution is 7.99. The van der Waals surface area contributed by atoms with E-state index < -0.39 is 0 Å². The van der Waals surface area contributed by atoms with Gasteiger partial charge in [-0.15, -0.1) is 0 Å². The van der Waals surface area contributed by atoms with Crippen LogP contribution in [0.2, 0.25) is 0 Å². The van der Waals surface area contributed by atoms with Gasteiger partial charge in [0.2, 0.25) is 0 Å². The maximum atomic E-state index is 9.68. The predicted octanol–water partition coefficient (Wildman–Crippen LogP) is 2.16. The Morgan fingerprint density at radius 2 is 2.06 bits per heavy atom. The molecular formula is C13H21NO2S. The Kier molecular flexibility index (Phi) is 7.08. The molecule has 1 aromatic rings. The minimum absolute atomic E-state index is 0.162. The van der Waals surface area contributed by atoms with Crippen LogP contribution in [0.4, 0.5) is 0 Å². The minimum Gasteiger partial charge on any atom is -0.508 e. The predicted molar refractivity (Wildman–Crippen MR) is 73.6 cm³/mol. The highest BCUT2D eigenvalue weighted by Crippen LogP contribution is 2.22. The van der Waals surface area contributed by atoms with E-state index in [9.17, 15) is 5.11 Å². The Balaban J connectivity index is 2.21. The Hall–Kier alpha value is -0.710. The monoisotopic (exact) mass is 255 g/mol. The van der Waals surface area contributed by atoms with Crippen LogP contribution in [-0.4, -0.2) is 34.9 Å². The molecule has 0 bridgehead atoms. The molecule has 0 aliphatic heterocycles. The quantitative estimate of drug-likeness (QED) is 0.623. The molecule has 0 amide bonds. The molecule has 3 nitrogen and oxygen atoms in total. The summed E-state index contributed by atoms with van der Waals surface area (Å²) in [5, 5.41) is 21.7. The topological polar surface area (TPSA) is 52.5 Å². The highest BCUT2D eigenvalue weighted by Gasteiger charge is 2.07. The molecule has 0 saturated carbocycles. The van der Waals surface area contributed by atoms with Gasteiger partial charge in [0.1, 0.15) is 5.75 Å². The van der Waals surface area contributed by atoms with Crippen molar-refractivity contribution in [2.45, 2.75) is 19.4 Å². The lowest BCUT2D eigenvalue weighted by atomic mass is 10.1. The van der Waals surface area contributed by atoms with E-state index >= 15 is 0 Å². The number of hydrogen-bond donors (Lipinski definition) is 3. The molecule has 1 atom stereocenters. The number of aromatic hydroxyl groups is 1. The van der Waals surface area contributed by atoms with Crippen LogP contribution in [0.25, 0.3) is 0 Å². The first-order valence-electron chi connectivity index (χ1n) is 5.95. The first kappa shape index (κ1) is 14.4. The number of aliphatic hydroxyl groups is 1. The number of thioether (sulfide) groups is 1. The van der Waals surface area contributed by atoms with Gasteiger partial charge in [-0.25, -0.2) is 0 Å². The molecule has 1 unspecified atom stereocenters. The molecule has 1 aromatic carbocycles. The van der Waals surface area contributed by atoms with Gasteiger partial charge in [0.15, 0.2) is 0 Å². The number of para-hydroxylation sites is 1. The summed E-state index contributed by atoms with van der Waals surface area (Å²) < 4.78 is 0. The van der Waals surface area contributed by atoms with Crippen molar-refractivity contribution in [2.75, 3.05) is 24.7 Å². The summed E-state index contributed by atoms with van der Waals surface area (Å²) in [5.74, 6) is 2.38. The lowest BCUT2D eigenvalue weighted by Gasteiger charge is -2.15. The summed E-state index contributed by atoms with van der Waals surface area (Å²) in [4.78, 5) is 0. The van der Waals surface area contributed by atoms with Gasteiger partial charge >= 0.3 is 0 Å².